The molecule has 0 saturated carbocycles. The Morgan fingerprint density at radius 3 is 2.54 bits per heavy atom. The van der Waals surface area contributed by atoms with Gasteiger partial charge in [-0.15, -0.1) is 0 Å². The van der Waals surface area contributed by atoms with Gasteiger partial charge in [0.15, 0.2) is 9.84 Å². The second-order valence-corrected chi connectivity index (χ2v) is 8.52. The molecule has 6 nitrogen and oxygen atoms in total. The van der Waals surface area contributed by atoms with E-state index in [2.05, 4.69) is 10.4 Å². The third-order valence-electron chi connectivity index (χ3n) is 3.93. The number of aromatic nitrogens is 2. The molecule has 0 fully saturated rings. The van der Waals surface area contributed by atoms with E-state index in [9.17, 15) is 13.2 Å². The molecule has 0 saturated heterocycles. The highest BCUT2D eigenvalue weighted by Gasteiger charge is 2.25. The first kappa shape index (κ1) is 17.9. The molecule has 1 N–H and O–H groups in total. The minimum Gasteiger partial charge on any atom is -0.322 e. The zero-order valence-electron chi connectivity index (χ0n) is 14.5. The molecule has 26 heavy (non-hydrogen) atoms. The van der Waals surface area contributed by atoms with Crippen molar-refractivity contribution in [3.8, 4) is 5.69 Å². The molecule has 0 atom stereocenters. The van der Waals surface area contributed by atoms with Gasteiger partial charge in [-0.25, -0.2) is 13.1 Å². The van der Waals surface area contributed by atoms with Crippen molar-refractivity contribution in [3.05, 3.63) is 72.6 Å². The first-order valence-corrected chi connectivity index (χ1v) is 9.68. The van der Waals surface area contributed by atoms with Crippen LogP contribution in [0.25, 0.3) is 5.69 Å². The summed E-state index contributed by atoms with van der Waals surface area (Å²) in [6, 6.07) is 15.2. The van der Waals surface area contributed by atoms with Gasteiger partial charge in [0.2, 0.25) is 0 Å². The van der Waals surface area contributed by atoms with Crippen molar-refractivity contribution >= 4 is 21.4 Å². The molecule has 0 aliphatic carbocycles. The van der Waals surface area contributed by atoms with Crippen molar-refractivity contribution < 1.29 is 13.2 Å². The standard InChI is InChI=1S/C19H19N3O3S/c1-14(2)26(24,25)18-10-4-3-9-17(18)19(23)21-15-7-5-8-16(13-15)22-12-6-11-20-22/h3-14H,1-2H3,(H,21,23). The molecule has 0 bridgehead atoms. The lowest BCUT2D eigenvalue weighted by atomic mass is 10.2. The van der Waals surface area contributed by atoms with Gasteiger partial charge in [-0.2, -0.15) is 5.10 Å². The molecule has 0 spiro atoms. The Balaban J connectivity index is 1.92. The highest BCUT2D eigenvalue weighted by atomic mass is 32.2. The van der Waals surface area contributed by atoms with Gasteiger partial charge in [-0.1, -0.05) is 18.2 Å². The van der Waals surface area contributed by atoms with Crippen LogP contribution >= 0.6 is 0 Å². The van der Waals surface area contributed by atoms with E-state index in [-0.39, 0.29) is 10.5 Å². The highest BCUT2D eigenvalue weighted by molar-refractivity contribution is 7.92. The predicted octanol–water partition coefficient (Wildman–Crippen LogP) is 3.31. The van der Waals surface area contributed by atoms with Gasteiger partial charge in [-0.05, 0) is 50.2 Å². The number of carbonyl (C=O) groups excluding carboxylic acids is 1. The van der Waals surface area contributed by atoms with Crippen molar-refractivity contribution in [1.82, 2.24) is 9.78 Å². The van der Waals surface area contributed by atoms with Crippen LogP contribution < -0.4 is 5.32 Å². The Hall–Kier alpha value is -2.93. The fourth-order valence-corrected chi connectivity index (χ4v) is 3.75. The number of nitrogens with zero attached hydrogens (tertiary/aromatic N) is 2. The number of nitrogens with one attached hydrogen (secondary N) is 1. The molecule has 0 radical (unpaired) electrons. The van der Waals surface area contributed by atoms with Crippen molar-refractivity contribution in [1.29, 1.82) is 0 Å². The van der Waals surface area contributed by atoms with E-state index in [0.717, 1.165) is 5.69 Å². The van der Waals surface area contributed by atoms with Crippen LogP contribution in [0.3, 0.4) is 0 Å². The van der Waals surface area contributed by atoms with Crippen LogP contribution in [0.15, 0.2) is 71.9 Å². The Labute approximate surface area is 152 Å². The molecule has 0 unspecified atom stereocenters. The van der Waals surface area contributed by atoms with Crippen LogP contribution in [0.4, 0.5) is 5.69 Å². The van der Waals surface area contributed by atoms with Gasteiger partial charge >= 0.3 is 0 Å². The van der Waals surface area contributed by atoms with E-state index in [1.54, 1.807) is 67.3 Å². The lowest BCUT2D eigenvalue weighted by molar-refractivity contribution is 0.102. The first-order valence-electron chi connectivity index (χ1n) is 8.14. The van der Waals surface area contributed by atoms with E-state index in [1.165, 1.54) is 12.1 Å². The topological polar surface area (TPSA) is 81.1 Å². The summed E-state index contributed by atoms with van der Waals surface area (Å²) in [4.78, 5) is 12.7. The first-order chi connectivity index (χ1) is 12.4. The van der Waals surface area contributed by atoms with Crippen molar-refractivity contribution in [2.24, 2.45) is 0 Å². The van der Waals surface area contributed by atoms with Gasteiger partial charge in [0.05, 0.1) is 21.4 Å². The Kier molecular flexibility index (Phi) is 4.90. The number of sulfone groups is 1. The maximum atomic E-state index is 12.7. The second-order valence-electron chi connectivity index (χ2n) is 6.05. The Morgan fingerprint density at radius 1 is 1.08 bits per heavy atom. The summed E-state index contributed by atoms with van der Waals surface area (Å²) in [5.41, 5.74) is 1.47. The van der Waals surface area contributed by atoms with Crippen molar-refractivity contribution in [2.45, 2.75) is 24.0 Å². The fraction of sp³-hybridized carbons (Fsp3) is 0.158. The summed E-state index contributed by atoms with van der Waals surface area (Å²) in [5.74, 6) is -0.470. The van der Waals surface area contributed by atoms with Gasteiger partial charge in [0.25, 0.3) is 5.91 Å². The maximum absolute atomic E-state index is 12.7. The SMILES string of the molecule is CC(C)S(=O)(=O)c1ccccc1C(=O)Nc1cccc(-n2cccn2)c1. The third-order valence-corrected chi connectivity index (χ3v) is 6.14. The summed E-state index contributed by atoms with van der Waals surface area (Å²) >= 11 is 0. The van der Waals surface area contributed by atoms with Crippen LogP contribution in [0.2, 0.25) is 0 Å². The molecule has 1 heterocycles. The normalized spacial score (nSPS) is 11.5. The average Bonchev–Trinajstić information content (AvgIpc) is 3.16. The third kappa shape index (κ3) is 3.52. The van der Waals surface area contributed by atoms with Gasteiger partial charge < -0.3 is 5.32 Å². The molecular formula is C19H19N3O3S. The molecule has 3 rings (SSSR count). The van der Waals surface area contributed by atoms with E-state index < -0.39 is 21.0 Å². The second kappa shape index (κ2) is 7.13. The summed E-state index contributed by atoms with van der Waals surface area (Å²) in [6.45, 7) is 3.19. The summed E-state index contributed by atoms with van der Waals surface area (Å²) in [7, 11) is -3.56. The molecule has 134 valence electrons. The number of anilines is 1. The number of amides is 1. The minimum atomic E-state index is -3.56. The molecule has 1 aromatic heterocycles. The maximum Gasteiger partial charge on any atom is 0.256 e. The van der Waals surface area contributed by atoms with Gasteiger partial charge in [-0.3, -0.25) is 4.79 Å². The van der Waals surface area contributed by atoms with E-state index in [4.69, 9.17) is 0 Å². The zero-order chi connectivity index (χ0) is 18.7. The average molecular weight is 369 g/mol. The summed E-state index contributed by atoms with van der Waals surface area (Å²) in [6.07, 6.45) is 3.46. The Morgan fingerprint density at radius 2 is 1.85 bits per heavy atom. The van der Waals surface area contributed by atoms with Crippen molar-refractivity contribution in [3.63, 3.8) is 0 Å². The van der Waals surface area contributed by atoms with Crippen molar-refractivity contribution in [2.75, 3.05) is 5.32 Å². The highest BCUT2D eigenvalue weighted by Crippen LogP contribution is 2.22. The molecule has 0 aliphatic heterocycles. The lowest BCUT2D eigenvalue weighted by Crippen LogP contribution is -2.20. The van der Waals surface area contributed by atoms with Gasteiger partial charge in [0, 0.05) is 18.1 Å². The number of carbonyl (C=O) groups is 1. The number of rotatable bonds is 5. The predicted molar refractivity (Wildman–Crippen MR) is 100 cm³/mol. The van der Waals surface area contributed by atoms with Crippen LogP contribution in [0.1, 0.15) is 24.2 Å². The van der Waals surface area contributed by atoms with E-state index in [0.29, 0.717) is 5.69 Å². The number of hydrogen-bond acceptors (Lipinski definition) is 4. The number of hydrogen-bond donors (Lipinski definition) is 1. The molecule has 7 heteroatoms. The molecule has 2 aromatic carbocycles. The molecule has 0 aliphatic rings. The Bertz CT molecular complexity index is 1030. The smallest absolute Gasteiger partial charge is 0.256 e. The minimum absolute atomic E-state index is 0.0377. The van der Waals surface area contributed by atoms with E-state index in [1.807, 2.05) is 6.07 Å². The van der Waals surface area contributed by atoms with Crippen LogP contribution in [-0.2, 0) is 9.84 Å². The summed E-state index contributed by atoms with van der Waals surface area (Å²) in [5, 5.41) is 6.31. The molecule has 3 aromatic rings. The fourth-order valence-electron chi connectivity index (χ4n) is 2.50. The number of benzene rings is 2. The van der Waals surface area contributed by atoms with E-state index >= 15 is 0 Å². The zero-order valence-corrected chi connectivity index (χ0v) is 15.3. The van der Waals surface area contributed by atoms with Crippen LogP contribution in [-0.4, -0.2) is 29.4 Å². The monoisotopic (exact) mass is 369 g/mol. The van der Waals surface area contributed by atoms with Crippen LogP contribution in [0.5, 0.6) is 0 Å². The summed E-state index contributed by atoms with van der Waals surface area (Å²) < 4.78 is 26.7. The quantitative estimate of drug-likeness (QED) is 0.748. The largest absolute Gasteiger partial charge is 0.322 e. The van der Waals surface area contributed by atoms with Gasteiger partial charge in [0.1, 0.15) is 0 Å². The molecular weight excluding hydrogens is 350 g/mol. The molecule has 1 amide bonds. The van der Waals surface area contributed by atoms with Crippen LogP contribution in [0, 0.1) is 0 Å². The lowest BCUT2D eigenvalue weighted by Gasteiger charge is -2.13.